The molecule has 2 aromatic carbocycles. The first kappa shape index (κ1) is 25.0. The number of aryl methyl sites for hydroxylation is 1. The van der Waals surface area contributed by atoms with Crippen molar-refractivity contribution in [1.82, 2.24) is 10.2 Å². The zero-order valence-corrected chi connectivity index (χ0v) is 19.9. The first-order valence-electron chi connectivity index (χ1n) is 10.8. The summed E-state index contributed by atoms with van der Waals surface area (Å²) in [6.07, 6.45) is 1.76. The number of carbonyl (C=O) groups is 2. The number of hydrogen-bond acceptors (Lipinski definition) is 6. The Balaban J connectivity index is 1.48. The van der Waals surface area contributed by atoms with Gasteiger partial charge in [0.25, 0.3) is 0 Å². The number of halogens is 1. The van der Waals surface area contributed by atoms with E-state index in [9.17, 15) is 18.0 Å². The molecule has 3 N–H and O–H groups in total. The van der Waals surface area contributed by atoms with Crippen molar-refractivity contribution >= 4 is 38.3 Å². The van der Waals surface area contributed by atoms with Crippen LogP contribution in [0.25, 0.3) is 0 Å². The molecule has 0 radical (unpaired) electrons. The Morgan fingerprint density at radius 1 is 0.970 bits per heavy atom. The third-order valence-corrected chi connectivity index (χ3v) is 7.12. The Morgan fingerprint density at radius 2 is 1.64 bits per heavy atom. The van der Waals surface area contributed by atoms with Crippen LogP contribution in [0.4, 0.5) is 10.5 Å². The number of piperazine rings is 1. The van der Waals surface area contributed by atoms with Crippen LogP contribution in [0.2, 0.25) is 5.02 Å². The van der Waals surface area contributed by atoms with E-state index in [-0.39, 0.29) is 5.91 Å². The van der Waals surface area contributed by atoms with Crippen LogP contribution < -0.4 is 16.0 Å². The Bertz CT molecular complexity index is 1070. The molecule has 3 rings (SSSR count). The van der Waals surface area contributed by atoms with E-state index in [0.29, 0.717) is 43.9 Å². The van der Waals surface area contributed by atoms with Crippen LogP contribution in [0.5, 0.6) is 0 Å². The van der Waals surface area contributed by atoms with Crippen molar-refractivity contribution in [3.05, 3.63) is 64.7 Å². The van der Waals surface area contributed by atoms with Gasteiger partial charge in [-0.3, -0.25) is 9.59 Å². The molecule has 1 saturated heterocycles. The van der Waals surface area contributed by atoms with E-state index >= 15 is 0 Å². The van der Waals surface area contributed by atoms with Gasteiger partial charge in [-0.2, -0.15) is 0 Å². The minimum Gasteiger partial charge on any atom is -0.368 e. The van der Waals surface area contributed by atoms with E-state index in [1.807, 2.05) is 53.4 Å². The summed E-state index contributed by atoms with van der Waals surface area (Å²) in [7, 11) is -3.95. The summed E-state index contributed by atoms with van der Waals surface area (Å²) in [5, 5.41) is 2.14. The fourth-order valence-corrected chi connectivity index (χ4v) is 4.47. The number of hydrogen-bond donors (Lipinski definition) is 2. The maximum Gasteiger partial charge on any atom is 0.335 e. The fraction of sp³-hybridized carbons (Fsp3) is 0.391. The van der Waals surface area contributed by atoms with E-state index in [1.54, 1.807) is 0 Å². The minimum absolute atomic E-state index is 0.151. The van der Waals surface area contributed by atoms with Gasteiger partial charge in [-0.25, -0.2) is 8.42 Å². The van der Waals surface area contributed by atoms with Crippen molar-refractivity contribution in [1.29, 1.82) is 0 Å². The molecule has 0 atom stereocenters. The lowest BCUT2D eigenvalue weighted by Crippen LogP contribution is -2.49. The molecule has 1 fully saturated rings. The number of anilines is 1. The number of amides is 2. The van der Waals surface area contributed by atoms with Crippen LogP contribution in [0.3, 0.4) is 0 Å². The number of sulfone groups is 1. The van der Waals surface area contributed by atoms with Crippen LogP contribution in [0.15, 0.2) is 48.5 Å². The van der Waals surface area contributed by atoms with Gasteiger partial charge in [0.1, 0.15) is 5.88 Å². The molecule has 8 nitrogen and oxygen atoms in total. The second kappa shape index (κ2) is 11.5. The third kappa shape index (κ3) is 7.18. The highest BCUT2D eigenvalue weighted by atomic mass is 35.5. The number of primary amides is 1. The molecule has 0 aromatic heterocycles. The normalized spacial score (nSPS) is 14.3. The predicted molar refractivity (Wildman–Crippen MR) is 130 cm³/mol. The number of rotatable bonds is 9. The molecule has 2 amide bonds. The van der Waals surface area contributed by atoms with Crippen molar-refractivity contribution in [3.8, 4) is 0 Å². The number of carbonyl (C=O) groups excluding carboxylic acids is 2. The summed E-state index contributed by atoms with van der Waals surface area (Å²) in [6.45, 7) is 3.17. The number of nitrogens with one attached hydrogen (secondary N) is 1. The molecule has 0 aliphatic carbocycles. The number of para-hydroxylation sites is 1. The van der Waals surface area contributed by atoms with Gasteiger partial charge < -0.3 is 20.9 Å². The van der Waals surface area contributed by atoms with Crippen molar-refractivity contribution < 1.29 is 18.0 Å². The molecular formula is C23H29ClN4O4S. The molecule has 33 heavy (non-hydrogen) atoms. The number of nitrogens with two attached hydrogens (primary N) is 1. The van der Waals surface area contributed by atoms with Gasteiger partial charge in [-0.05, 0) is 42.2 Å². The van der Waals surface area contributed by atoms with Crippen molar-refractivity contribution in [2.75, 3.05) is 43.5 Å². The predicted octanol–water partition coefficient (Wildman–Crippen LogP) is 2.20. The van der Waals surface area contributed by atoms with E-state index in [1.165, 1.54) is 0 Å². The van der Waals surface area contributed by atoms with E-state index < -0.39 is 21.0 Å². The number of benzene rings is 2. The van der Waals surface area contributed by atoms with E-state index in [2.05, 4.69) is 10.2 Å². The molecule has 0 saturated carbocycles. The van der Waals surface area contributed by atoms with Crippen molar-refractivity contribution in [2.24, 2.45) is 5.73 Å². The summed E-state index contributed by atoms with van der Waals surface area (Å²) in [5.41, 5.74) is 8.11. The maximum absolute atomic E-state index is 12.6. The molecule has 10 heteroatoms. The zero-order chi connectivity index (χ0) is 23.8. The largest absolute Gasteiger partial charge is 0.368 e. The standard InChI is InChI=1S/C23H29ClN4O4S/c24-20-8-5-18(6-9-20)7-10-22(29)28-15-13-27(14-16-28)21-4-2-1-3-19(21)11-12-26-17-33(31,32)23(25)30/h1-6,8-9,26H,7,10-17H2,(H2,25,30). The Morgan fingerprint density at radius 3 is 2.30 bits per heavy atom. The first-order chi connectivity index (χ1) is 15.8. The van der Waals surface area contributed by atoms with E-state index in [0.717, 1.165) is 29.9 Å². The summed E-state index contributed by atoms with van der Waals surface area (Å²) in [5.74, 6) is -0.320. The van der Waals surface area contributed by atoms with Crippen LogP contribution in [0, 0.1) is 0 Å². The van der Waals surface area contributed by atoms with Crippen LogP contribution >= 0.6 is 11.6 Å². The fourth-order valence-electron chi connectivity index (χ4n) is 3.79. The highest BCUT2D eigenvalue weighted by Gasteiger charge is 2.22. The average Bonchev–Trinajstić information content (AvgIpc) is 2.81. The maximum atomic E-state index is 12.6. The van der Waals surface area contributed by atoms with Gasteiger partial charge in [0.15, 0.2) is 0 Å². The molecule has 0 bridgehead atoms. The van der Waals surface area contributed by atoms with Gasteiger partial charge in [-0.1, -0.05) is 41.9 Å². The summed E-state index contributed by atoms with van der Waals surface area (Å²) in [4.78, 5) is 27.7. The molecular weight excluding hydrogens is 464 g/mol. The molecule has 1 aliphatic heterocycles. The van der Waals surface area contributed by atoms with Gasteiger partial charge in [0.05, 0.1) is 0 Å². The monoisotopic (exact) mass is 492 g/mol. The average molecular weight is 493 g/mol. The second-order valence-electron chi connectivity index (χ2n) is 7.95. The lowest BCUT2D eigenvalue weighted by molar-refractivity contribution is -0.131. The summed E-state index contributed by atoms with van der Waals surface area (Å²) in [6, 6.07) is 15.5. The SMILES string of the molecule is NC(=O)S(=O)(=O)CNCCc1ccccc1N1CCN(C(=O)CCc2ccc(Cl)cc2)CC1. The van der Waals surface area contributed by atoms with Gasteiger partial charge in [0.2, 0.25) is 15.7 Å². The molecule has 1 aliphatic rings. The lowest BCUT2D eigenvalue weighted by atomic mass is 10.1. The first-order valence-corrected chi connectivity index (χ1v) is 12.9. The van der Waals surface area contributed by atoms with Gasteiger partial charge in [-0.15, -0.1) is 0 Å². The van der Waals surface area contributed by atoms with Crippen LogP contribution in [0.1, 0.15) is 17.5 Å². The Kier molecular flexibility index (Phi) is 8.71. The van der Waals surface area contributed by atoms with Gasteiger partial charge in [0, 0.05) is 49.9 Å². The topological polar surface area (TPSA) is 113 Å². The van der Waals surface area contributed by atoms with E-state index in [4.69, 9.17) is 17.3 Å². The highest BCUT2D eigenvalue weighted by molar-refractivity contribution is 8.05. The zero-order valence-electron chi connectivity index (χ0n) is 18.4. The lowest BCUT2D eigenvalue weighted by Gasteiger charge is -2.37. The molecule has 2 aromatic rings. The smallest absolute Gasteiger partial charge is 0.335 e. The minimum atomic E-state index is -3.95. The molecule has 178 valence electrons. The summed E-state index contributed by atoms with van der Waals surface area (Å²) >= 11 is 5.91. The van der Waals surface area contributed by atoms with Crippen molar-refractivity contribution in [2.45, 2.75) is 19.3 Å². The van der Waals surface area contributed by atoms with Crippen LogP contribution in [-0.4, -0.2) is 63.1 Å². The highest BCUT2D eigenvalue weighted by Crippen LogP contribution is 2.22. The quantitative estimate of drug-likeness (QED) is 0.519. The third-order valence-electron chi connectivity index (χ3n) is 5.68. The van der Waals surface area contributed by atoms with Gasteiger partial charge >= 0.3 is 5.24 Å². The van der Waals surface area contributed by atoms with Crippen molar-refractivity contribution in [3.63, 3.8) is 0 Å². The second-order valence-corrected chi connectivity index (χ2v) is 10.3. The molecule has 1 heterocycles. The molecule has 0 spiro atoms. The number of nitrogens with zero attached hydrogens (tertiary/aromatic N) is 2. The molecule has 0 unspecified atom stereocenters. The Hall–Kier alpha value is -2.62. The summed E-state index contributed by atoms with van der Waals surface area (Å²) < 4.78 is 23.0. The Labute approximate surface area is 199 Å². The van der Waals surface area contributed by atoms with Crippen LogP contribution in [-0.2, 0) is 27.5 Å².